The third-order valence-corrected chi connectivity index (χ3v) is 4.82. The number of rotatable bonds is 5. The second-order valence-electron chi connectivity index (χ2n) is 5.11. The van der Waals surface area contributed by atoms with Crippen molar-refractivity contribution in [2.24, 2.45) is 0 Å². The van der Waals surface area contributed by atoms with Gasteiger partial charge in [-0.05, 0) is 32.3 Å². The molecule has 0 aliphatic heterocycles. The molecule has 0 radical (unpaired) electrons. The summed E-state index contributed by atoms with van der Waals surface area (Å²) >= 11 is 1.69. The van der Waals surface area contributed by atoms with E-state index < -0.39 is 0 Å². The van der Waals surface area contributed by atoms with Gasteiger partial charge in [0.1, 0.15) is 10.6 Å². The molecule has 2 heterocycles. The van der Waals surface area contributed by atoms with Crippen molar-refractivity contribution in [2.75, 3.05) is 17.7 Å². The first-order chi connectivity index (χ1) is 9.69. The average Bonchev–Trinajstić information content (AvgIpc) is 2.79. The molecule has 1 saturated carbocycles. The molecular weight excluding hydrogens is 272 g/mol. The number of fused-ring (bicyclic) bond motifs is 1. The summed E-state index contributed by atoms with van der Waals surface area (Å²) in [5, 5.41) is 4.57. The Morgan fingerprint density at radius 1 is 1.40 bits per heavy atom. The average molecular weight is 292 g/mol. The maximum absolute atomic E-state index is 5.81. The molecule has 108 valence electrons. The second-order valence-corrected chi connectivity index (χ2v) is 6.22. The van der Waals surface area contributed by atoms with E-state index in [0.717, 1.165) is 41.9 Å². The first-order valence-electron chi connectivity index (χ1n) is 7.13. The lowest BCUT2D eigenvalue weighted by atomic mass is 9.89. The van der Waals surface area contributed by atoms with E-state index in [1.54, 1.807) is 11.3 Å². The molecule has 1 fully saturated rings. The number of nitrogen functional groups attached to an aromatic ring is 1. The van der Waals surface area contributed by atoms with E-state index in [2.05, 4.69) is 28.3 Å². The van der Waals surface area contributed by atoms with Crippen LogP contribution in [0.25, 0.3) is 10.2 Å². The minimum absolute atomic E-state index is 0.338. The third kappa shape index (κ3) is 2.58. The van der Waals surface area contributed by atoms with Gasteiger partial charge < -0.3 is 15.8 Å². The zero-order chi connectivity index (χ0) is 14.1. The van der Waals surface area contributed by atoms with E-state index in [9.17, 15) is 0 Å². The molecule has 0 unspecified atom stereocenters. The van der Waals surface area contributed by atoms with Gasteiger partial charge in [0.25, 0.3) is 0 Å². The van der Waals surface area contributed by atoms with Gasteiger partial charge in [0.05, 0.1) is 11.5 Å². The number of aryl methyl sites for hydroxylation is 1. The SMILES string of the molecule is CCOC1CC(Nc2nc(N)nc3sc(CC)cc23)C1. The van der Waals surface area contributed by atoms with Crippen molar-refractivity contribution in [3.05, 3.63) is 10.9 Å². The monoisotopic (exact) mass is 292 g/mol. The maximum atomic E-state index is 5.81. The molecule has 1 aliphatic carbocycles. The van der Waals surface area contributed by atoms with Crippen molar-refractivity contribution in [1.82, 2.24) is 9.97 Å². The molecule has 5 nitrogen and oxygen atoms in total. The van der Waals surface area contributed by atoms with Gasteiger partial charge in [-0.1, -0.05) is 6.92 Å². The van der Waals surface area contributed by atoms with E-state index in [-0.39, 0.29) is 0 Å². The van der Waals surface area contributed by atoms with E-state index >= 15 is 0 Å². The van der Waals surface area contributed by atoms with Crippen LogP contribution in [0.2, 0.25) is 0 Å². The Morgan fingerprint density at radius 2 is 2.20 bits per heavy atom. The van der Waals surface area contributed by atoms with E-state index in [0.29, 0.717) is 18.1 Å². The molecule has 0 atom stereocenters. The Morgan fingerprint density at radius 3 is 2.90 bits per heavy atom. The van der Waals surface area contributed by atoms with Crippen molar-refractivity contribution in [1.29, 1.82) is 0 Å². The van der Waals surface area contributed by atoms with Gasteiger partial charge in [-0.15, -0.1) is 11.3 Å². The minimum Gasteiger partial charge on any atom is -0.378 e. The summed E-state index contributed by atoms with van der Waals surface area (Å²) in [7, 11) is 0. The predicted octanol–water partition coefficient (Wildman–Crippen LogP) is 2.82. The molecule has 6 heteroatoms. The summed E-state index contributed by atoms with van der Waals surface area (Å²) in [6, 6.07) is 2.59. The van der Waals surface area contributed by atoms with Gasteiger partial charge in [0.2, 0.25) is 5.95 Å². The third-order valence-electron chi connectivity index (χ3n) is 3.65. The summed E-state index contributed by atoms with van der Waals surface area (Å²) in [5.74, 6) is 1.20. The van der Waals surface area contributed by atoms with Crippen molar-refractivity contribution >= 4 is 33.3 Å². The van der Waals surface area contributed by atoms with Gasteiger partial charge in [0.15, 0.2) is 0 Å². The summed E-state index contributed by atoms with van der Waals surface area (Å²) in [6.07, 6.45) is 3.46. The van der Waals surface area contributed by atoms with Crippen LogP contribution in [0.1, 0.15) is 31.6 Å². The highest BCUT2D eigenvalue weighted by Crippen LogP contribution is 2.33. The fourth-order valence-corrected chi connectivity index (χ4v) is 3.49. The largest absolute Gasteiger partial charge is 0.378 e. The molecule has 3 rings (SSSR count). The normalized spacial score (nSPS) is 21.9. The Hall–Kier alpha value is -1.40. The van der Waals surface area contributed by atoms with Crippen LogP contribution in [0, 0.1) is 0 Å². The maximum Gasteiger partial charge on any atom is 0.223 e. The Bertz CT molecular complexity index is 606. The molecule has 20 heavy (non-hydrogen) atoms. The molecule has 0 aromatic carbocycles. The summed E-state index contributed by atoms with van der Waals surface area (Å²) < 4.78 is 5.58. The lowest BCUT2D eigenvalue weighted by Gasteiger charge is -2.35. The molecule has 2 aromatic heterocycles. The summed E-state index contributed by atoms with van der Waals surface area (Å²) in [4.78, 5) is 11.0. The Balaban J connectivity index is 1.79. The number of hydrogen-bond acceptors (Lipinski definition) is 6. The number of ether oxygens (including phenoxy) is 1. The molecule has 1 aliphatic rings. The molecule has 2 aromatic rings. The first kappa shape index (κ1) is 13.6. The Labute approximate surface area is 122 Å². The van der Waals surface area contributed by atoms with Crippen molar-refractivity contribution < 1.29 is 4.74 Å². The summed E-state index contributed by atoms with van der Waals surface area (Å²) in [5.41, 5.74) is 5.81. The van der Waals surface area contributed by atoms with Crippen LogP contribution in [0.3, 0.4) is 0 Å². The van der Waals surface area contributed by atoms with E-state index in [1.165, 1.54) is 4.88 Å². The lowest BCUT2D eigenvalue weighted by Crippen LogP contribution is -2.41. The highest BCUT2D eigenvalue weighted by Gasteiger charge is 2.30. The van der Waals surface area contributed by atoms with Crippen LogP contribution in [-0.4, -0.2) is 28.7 Å². The van der Waals surface area contributed by atoms with E-state index in [1.807, 2.05) is 6.92 Å². The van der Waals surface area contributed by atoms with Crippen molar-refractivity contribution in [3.63, 3.8) is 0 Å². The zero-order valence-electron chi connectivity index (χ0n) is 11.8. The summed E-state index contributed by atoms with van der Waals surface area (Å²) in [6.45, 7) is 4.97. The minimum atomic E-state index is 0.338. The van der Waals surface area contributed by atoms with Crippen molar-refractivity contribution in [3.8, 4) is 0 Å². The molecule has 0 amide bonds. The number of anilines is 2. The Kier molecular flexibility index (Phi) is 3.76. The van der Waals surface area contributed by atoms with Crippen LogP contribution in [-0.2, 0) is 11.2 Å². The van der Waals surface area contributed by atoms with Gasteiger partial charge in [-0.3, -0.25) is 0 Å². The standard InChI is InChI=1S/C14H20N4OS/c1-3-10-7-11-12(17-14(15)18-13(11)20-10)16-8-5-9(6-8)19-4-2/h7-9H,3-6H2,1-2H3,(H3,15,16,17,18). The topological polar surface area (TPSA) is 73.1 Å². The number of nitrogens with one attached hydrogen (secondary N) is 1. The van der Waals surface area contributed by atoms with Crippen LogP contribution in [0.5, 0.6) is 0 Å². The van der Waals surface area contributed by atoms with Gasteiger partial charge in [-0.2, -0.15) is 4.98 Å². The number of nitrogens with two attached hydrogens (primary N) is 1. The van der Waals surface area contributed by atoms with Crippen LogP contribution in [0.4, 0.5) is 11.8 Å². The number of hydrogen-bond donors (Lipinski definition) is 2. The molecule has 0 bridgehead atoms. The fourth-order valence-electron chi connectivity index (χ4n) is 2.52. The van der Waals surface area contributed by atoms with Gasteiger partial charge >= 0.3 is 0 Å². The second kappa shape index (κ2) is 5.54. The van der Waals surface area contributed by atoms with Gasteiger partial charge in [-0.25, -0.2) is 4.98 Å². The predicted molar refractivity (Wildman–Crippen MR) is 83.3 cm³/mol. The molecule has 0 saturated heterocycles. The molecule has 0 spiro atoms. The number of nitrogens with zero attached hydrogens (tertiary/aromatic N) is 2. The molecular formula is C14H20N4OS. The van der Waals surface area contributed by atoms with Crippen LogP contribution >= 0.6 is 11.3 Å². The highest BCUT2D eigenvalue weighted by molar-refractivity contribution is 7.18. The van der Waals surface area contributed by atoms with Crippen molar-refractivity contribution in [2.45, 2.75) is 45.3 Å². The quantitative estimate of drug-likeness (QED) is 0.886. The smallest absolute Gasteiger partial charge is 0.223 e. The van der Waals surface area contributed by atoms with E-state index in [4.69, 9.17) is 10.5 Å². The fraction of sp³-hybridized carbons (Fsp3) is 0.571. The molecule has 3 N–H and O–H groups in total. The first-order valence-corrected chi connectivity index (χ1v) is 7.95. The number of thiophene rings is 1. The lowest BCUT2D eigenvalue weighted by molar-refractivity contribution is 0.00295. The van der Waals surface area contributed by atoms with Crippen LogP contribution in [0.15, 0.2) is 6.07 Å². The zero-order valence-corrected chi connectivity index (χ0v) is 12.7. The van der Waals surface area contributed by atoms with Gasteiger partial charge in [0, 0.05) is 17.5 Å². The van der Waals surface area contributed by atoms with Crippen LogP contribution < -0.4 is 11.1 Å². The highest BCUT2D eigenvalue weighted by atomic mass is 32.1. The number of aromatic nitrogens is 2.